The Hall–Kier alpha value is -0.890. The Kier molecular flexibility index (Phi) is 3.73. The summed E-state index contributed by atoms with van der Waals surface area (Å²) in [6, 6.07) is 6.20. The number of nitrogens with zero attached hydrogens (tertiary/aromatic N) is 1. The zero-order chi connectivity index (χ0) is 10.5. The molecule has 2 rings (SSSR count). The smallest absolute Gasteiger partial charge is 0.0406 e. The van der Waals surface area contributed by atoms with E-state index in [0.717, 1.165) is 24.8 Å². The maximum absolute atomic E-state index is 5.65. The molecule has 2 nitrogen and oxygen atoms in total. The van der Waals surface area contributed by atoms with Crippen molar-refractivity contribution < 1.29 is 0 Å². The first-order valence-corrected chi connectivity index (χ1v) is 6.00. The highest BCUT2D eigenvalue weighted by Gasteiger charge is 2.26. The Labute approximate surface area is 91.9 Å². The average Bonchev–Trinajstić information content (AvgIpc) is 2.68. The molecule has 82 valence electrons. The second-order valence-corrected chi connectivity index (χ2v) is 4.55. The third kappa shape index (κ3) is 2.78. The van der Waals surface area contributed by atoms with Crippen LogP contribution in [0.2, 0.25) is 0 Å². The predicted octanol–water partition coefficient (Wildman–Crippen LogP) is 2.39. The van der Waals surface area contributed by atoms with Crippen LogP contribution in [0.1, 0.15) is 31.4 Å². The summed E-state index contributed by atoms with van der Waals surface area (Å²) in [6.45, 7) is 0.837. The van der Waals surface area contributed by atoms with E-state index in [0.29, 0.717) is 0 Å². The van der Waals surface area contributed by atoms with Crippen molar-refractivity contribution >= 4 is 0 Å². The summed E-state index contributed by atoms with van der Waals surface area (Å²) >= 11 is 0. The van der Waals surface area contributed by atoms with E-state index in [9.17, 15) is 0 Å². The molecule has 1 aliphatic carbocycles. The summed E-state index contributed by atoms with van der Waals surface area (Å²) in [7, 11) is 0. The molecule has 2 heteroatoms. The summed E-state index contributed by atoms with van der Waals surface area (Å²) < 4.78 is 0. The van der Waals surface area contributed by atoms with Crippen LogP contribution in [0.5, 0.6) is 0 Å². The van der Waals surface area contributed by atoms with Gasteiger partial charge in [-0.2, -0.15) is 0 Å². The second-order valence-electron chi connectivity index (χ2n) is 4.55. The molecule has 0 amide bonds. The van der Waals surface area contributed by atoms with Gasteiger partial charge in [-0.1, -0.05) is 18.9 Å². The van der Waals surface area contributed by atoms with Gasteiger partial charge in [0.05, 0.1) is 0 Å². The first-order valence-electron chi connectivity index (χ1n) is 6.00. The lowest BCUT2D eigenvalue weighted by Crippen LogP contribution is -2.15. The zero-order valence-electron chi connectivity index (χ0n) is 9.23. The molecular formula is C13H20N2. The normalized spacial score (nSPS) is 25.7. The number of pyridine rings is 1. The number of rotatable bonds is 4. The summed E-state index contributed by atoms with van der Waals surface area (Å²) in [6.07, 6.45) is 8.34. The molecule has 0 radical (unpaired) electrons. The fourth-order valence-electron chi connectivity index (χ4n) is 2.76. The molecule has 2 atom stereocenters. The molecule has 2 unspecified atom stereocenters. The molecule has 0 aliphatic heterocycles. The van der Waals surface area contributed by atoms with Crippen molar-refractivity contribution in [1.82, 2.24) is 4.98 Å². The van der Waals surface area contributed by atoms with Crippen molar-refractivity contribution in [2.24, 2.45) is 17.6 Å². The maximum atomic E-state index is 5.65. The van der Waals surface area contributed by atoms with Gasteiger partial charge in [0.25, 0.3) is 0 Å². The standard InChI is InChI=1S/C13H20N2/c14-8-7-11-4-3-5-12(11)10-13-6-1-2-9-15-13/h1-2,6,9,11-12H,3-5,7-8,10,14H2. The second kappa shape index (κ2) is 5.26. The minimum Gasteiger partial charge on any atom is -0.330 e. The van der Waals surface area contributed by atoms with Gasteiger partial charge in [0.1, 0.15) is 0 Å². The van der Waals surface area contributed by atoms with Crippen molar-refractivity contribution in [1.29, 1.82) is 0 Å². The van der Waals surface area contributed by atoms with Crippen molar-refractivity contribution in [2.75, 3.05) is 6.54 Å². The minimum atomic E-state index is 0.823. The quantitative estimate of drug-likeness (QED) is 0.818. The fraction of sp³-hybridized carbons (Fsp3) is 0.615. The SMILES string of the molecule is NCCC1CCCC1Cc1ccccn1. The first-order chi connectivity index (χ1) is 7.40. The summed E-state index contributed by atoms with van der Waals surface area (Å²) in [5, 5.41) is 0. The maximum Gasteiger partial charge on any atom is 0.0406 e. The van der Waals surface area contributed by atoms with Crippen LogP contribution in [0, 0.1) is 11.8 Å². The van der Waals surface area contributed by atoms with Gasteiger partial charge in [-0.15, -0.1) is 0 Å². The third-order valence-electron chi connectivity index (χ3n) is 3.55. The molecule has 2 N–H and O–H groups in total. The molecule has 0 bridgehead atoms. The molecule has 1 aromatic heterocycles. The number of aromatic nitrogens is 1. The number of nitrogens with two attached hydrogens (primary N) is 1. The van der Waals surface area contributed by atoms with Crippen molar-refractivity contribution in [2.45, 2.75) is 32.1 Å². The molecule has 15 heavy (non-hydrogen) atoms. The molecule has 0 saturated heterocycles. The molecular weight excluding hydrogens is 184 g/mol. The van der Waals surface area contributed by atoms with Crippen LogP contribution in [0.3, 0.4) is 0 Å². The first kappa shape index (κ1) is 10.6. The topological polar surface area (TPSA) is 38.9 Å². The van der Waals surface area contributed by atoms with Crippen molar-refractivity contribution in [3.63, 3.8) is 0 Å². The van der Waals surface area contributed by atoms with E-state index < -0.39 is 0 Å². The average molecular weight is 204 g/mol. The lowest BCUT2D eigenvalue weighted by molar-refractivity contribution is 0.364. The molecule has 1 saturated carbocycles. The van der Waals surface area contributed by atoms with Gasteiger partial charge in [-0.3, -0.25) is 4.98 Å². The minimum absolute atomic E-state index is 0.823. The highest BCUT2D eigenvalue weighted by Crippen LogP contribution is 2.35. The molecule has 1 aromatic rings. The molecule has 1 aliphatic rings. The van der Waals surface area contributed by atoms with Gasteiger partial charge >= 0.3 is 0 Å². The van der Waals surface area contributed by atoms with Gasteiger partial charge in [0, 0.05) is 11.9 Å². The van der Waals surface area contributed by atoms with Gasteiger partial charge in [-0.25, -0.2) is 0 Å². The van der Waals surface area contributed by atoms with Crippen LogP contribution >= 0.6 is 0 Å². The van der Waals surface area contributed by atoms with Crippen molar-refractivity contribution in [3.8, 4) is 0 Å². The summed E-state index contributed by atoms with van der Waals surface area (Å²) in [4.78, 5) is 4.41. The fourth-order valence-corrected chi connectivity index (χ4v) is 2.76. The van der Waals surface area contributed by atoms with E-state index in [4.69, 9.17) is 5.73 Å². The van der Waals surface area contributed by atoms with Crippen LogP contribution in [0.15, 0.2) is 24.4 Å². The van der Waals surface area contributed by atoms with Crippen LogP contribution in [0.25, 0.3) is 0 Å². The van der Waals surface area contributed by atoms with E-state index in [1.54, 1.807) is 0 Å². The van der Waals surface area contributed by atoms with Gasteiger partial charge in [-0.05, 0) is 49.8 Å². The van der Waals surface area contributed by atoms with Gasteiger partial charge < -0.3 is 5.73 Å². The van der Waals surface area contributed by atoms with Crippen LogP contribution < -0.4 is 5.73 Å². The summed E-state index contributed by atoms with van der Waals surface area (Å²) in [5.41, 5.74) is 6.89. The Morgan fingerprint density at radius 3 is 2.87 bits per heavy atom. The molecule has 0 spiro atoms. The highest BCUT2D eigenvalue weighted by atomic mass is 14.7. The van der Waals surface area contributed by atoms with Crippen LogP contribution in [-0.4, -0.2) is 11.5 Å². The predicted molar refractivity (Wildman–Crippen MR) is 62.4 cm³/mol. The zero-order valence-corrected chi connectivity index (χ0v) is 9.23. The van der Waals surface area contributed by atoms with Gasteiger partial charge in [0.15, 0.2) is 0 Å². The van der Waals surface area contributed by atoms with E-state index in [-0.39, 0.29) is 0 Å². The van der Waals surface area contributed by atoms with E-state index in [2.05, 4.69) is 17.1 Å². The molecule has 0 aromatic carbocycles. The Balaban J connectivity index is 1.93. The van der Waals surface area contributed by atoms with Crippen molar-refractivity contribution in [3.05, 3.63) is 30.1 Å². The third-order valence-corrected chi connectivity index (χ3v) is 3.55. The van der Waals surface area contributed by atoms with E-state index in [1.165, 1.54) is 31.4 Å². The number of hydrogen-bond acceptors (Lipinski definition) is 2. The Morgan fingerprint density at radius 2 is 2.13 bits per heavy atom. The van der Waals surface area contributed by atoms with Gasteiger partial charge in [0.2, 0.25) is 0 Å². The molecule has 1 heterocycles. The van der Waals surface area contributed by atoms with Crippen LogP contribution in [-0.2, 0) is 6.42 Å². The lowest BCUT2D eigenvalue weighted by atomic mass is 9.89. The van der Waals surface area contributed by atoms with Crippen LogP contribution in [0.4, 0.5) is 0 Å². The molecule has 1 fully saturated rings. The van der Waals surface area contributed by atoms with E-state index >= 15 is 0 Å². The summed E-state index contributed by atoms with van der Waals surface area (Å²) in [5.74, 6) is 1.67. The largest absolute Gasteiger partial charge is 0.330 e. The highest BCUT2D eigenvalue weighted by molar-refractivity contribution is 5.05. The lowest BCUT2D eigenvalue weighted by Gasteiger charge is -2.18. The Morgan fingerprint density at radius 1 is 1.27 bits per heavy atom. The van der Waals surface area contributed by atoms with E-state index in [1.807, 2.05) is 12.3 Å². The Bertz CT molecular complexity index is 284. The number of hydrogen-bond donors (Lipinski definition) is 1. The monoisotopic (exact) mass is 204 g/mol.